The Bertz CT molecular complexity index is 1470. The van der Waals surface area contributed by atoms with Gasteiger partial charge >= 0.3 is 5.97 Å². The number of aromatic nitrogens is 2. The Balaban J connectivity index is 1.69. The van der Waals surface area contributed by atoms with Crippen molar-refractivity contribution in [3.05, 3.63) is 56.9 Å². The number of nitrogens with zero attached hydrogens (tertiary/aromatic N) is 3. The molecule has 5 rings (SSSR count). The van der Waals surface area contributed by atoms with E-state index in [0.717, 1.165) is 10.9 Å². The van der Waals surface area contributed by atoms with Crippen molar-refractivity contribution in [2.45, 2.75) is 58.5 Å². The molecule has 1 atom stereocenters. The molecule has 0 bridgehead atoms. The normalized spacial score (nSPS) is 18.9. The lowest BCUT2D eigenvalue weighted by atomic mass is 9.86. The summed E-state index contributed by atoms with van der Waals surface area (Å²) < 4.78 is 12.3. The molecule has 182 valence electrons. The fourth-order valence-corrected chi connectivity index (χ4v) is 4.60. The van der Waals surface area contributed by atoms with Gasteiger partial charge in [0.1, 0.15) is 18.0 Å². The number of carbonyl (C=O) groups is 1. The largest absolute Gasteiger partial charge is 0.496 e. The van der Waals surface area contributed by atoms with E-state index in [-0.39, 0.29) is 18.6 Å². The second-order valence-corrected chi connectivity index (χ2v) is 9.79. The van der Waals surface area contributed by atoms with Gasteiger partial charge in [-0.2, -0.15) is 0 Å². The van der Waals surface area contributed by atoms with Crippen LogP contribution in [0.4, 0.5) is 0 Å². The first kappa shape index (κ1) is 23.0. The van der Waals surface area contributed by atoms with Crippen LogP contribution in [0.15, 0.2) is 34.2 Å². The Labute approximate surface area is 201 Å². The van der Waals surface area contributed by atoms with Gasteiger partial charge in [-0.3, -0.25) is 4.79 Å². The van der Waals surface area contributed by atoms with Crippen molar-refractivity contribution in [1.29, 1.82) is 0 Å². The van der Waals surface area contributed by atoms with Gasteiger partial charge in [-0.1, -0.05) is 12.1 Å². The van der Waals surface area contributed by atoms with Crippen molar-refractivity contribution < 1.29 is 24.2 Å². The van der Waals surface area contributed by atoms with Gasteiger partial charge in [0.25, 0.3) is 5.56 Å². The molecule has 3 aromatic rings. The van der Waals surface area contributed by atoms with E-state index in [2.05, 4.69) is 5.16 Å². The van der Waals surface area contributed by atoms with Crippen LogP contribution in [0.3, 0.4) is 0 Å². The van der Waals surface area contributed by atoms with Crippen molar-refractivity contribution in [3.8, 4) is 17.1 Å². The molecule has 9 heteroatoms. The molecule has 0 aliphatic carbocycles. The van der Waals surface area contributed by atoms with E-state index in [1.54, 1.807) is 36.9 Å². The maximum atomic E-state index is 13.4. The minimum atomic E-state index is -1.86. The molecule has 0 amide bonds. The molecule has 9 nitrogen and oxygen atoms in total. The predicted molar refractivity (Wildman–Crippen MR) is 130 cm³/mol. The first-order valence-corrected chi connectivity index (χ1v) is 11.5. The summed E-state index contributed by atoms with van der Waals surface area (Å²) in [5, 5.41) is 16.0. The van der Waals surface area contributed by atoms with Crippen molar-refractivity contribution in [1.82, 2.24) is 9.55 Å². The highest BCUT2D eigenvalue weighted by molar-refractivity contribution is 6.02. The molecule has 1 aromatic carbocycles. The summed E-state index contributed by atoms with van der Waals surface area (Å²) in [6, 6.07) is 7.32. The third-order valence-corrected chi connectivity index (χ3v) is 6.42. The second kappa shape index (κ2) is 7.91. The van der Waals surface area contributed by atoms with Crippen molar-refractivity contribution in [2.75, 3.05) is 7.11 Å². The number of ether oxygens (including phenoxy) is 2. The van der Waals surface area contributed by atoms with Crippen molar-refractivity contribution in [2.24, 2.45) is 5.16 Å². The Kier molecular flexibility index (Phi) is 5.21. The Morgan fingerprint density at radius 3 is 2.74 bits per heavy atom. The molecule has 2 aromatic heterocycles. The number of methoxy groups -OCH3 is 1. The average molecular weight is 478 g/mol. The van der Waals surface area contributed by atoms with Crippen LogP contribution < -0.4 is 10.3 Å². The maximum absolute atomic E-state index is 13.4. The summed E-state index contributed by atoms with van der Waals surface area (Å²) in [5.74, 6) is -0.123. The Morgan fingerprint density at radius 2 is 2.06 bits per heavy atom. The van der Waals surface area contributed by atoms with Crippen LogP contribution in [0.5, 0.6) is 5.75 Å². The lowest BCUT2D eigenvalue weighted by Crippen LogP contribution is -2.44. The van der Waals surface area contributed by atoms with E-state index in [0.29, 0.717) is 45.9 Å². The minimum Gasteiger partial charge on any atom is -0.496 e. The summed E-state index contributed by atoms with van der Waals surface area (Å²) in [7, 11) is 1.59. The summed E-state index contributed by atoms with van der Waals surface area (Å²) in [4.78, 5) is 36.1. The number of pyridine rings is 2. The minimum absolute atomic E-state index is 0.0961. The Hall–Kier alpha value is -3.72. The smallest absolute Gasteiger partial charge is 0.343 e. The van der Waals surface area contributed by atoms with Crippen LogP contribution in [0, 0.1) is 0 Å². The van der Waals surface area contributed by atoms with Crippen LogP contribution >= 0.6 is 0 Å². The van der Waals surface area contributed by atoms with Crippen molar-refractivity contribution in [3.63, 3.8) is 0 Å². The lowest BCUT2D eigenvalue weighted by molar-refractivity contribution is -0.172. The van der Waals surface area contributed by atoms with Gasteiger partial charge in [-0.25, -0.2) is 9.78 Å². The molecule has 35 heavy (non-hydrogen) atoms. The fraction of sp³-hybridized carbons (Fsp3) is 0.385. The molecule has 4 heterocycles. The third kappa shape index (κ3) is 3.58. The molecule has 0 saturated carbocycles. The van der Waals surface area contributed by atoms with Crippen LogP contribution in [-0.2, 0) is 33.1 Å². The van der Waals surface area contributed by atoms with E-state index in [4.69, 9.17) is 19.3 Å². The quantitative estimate of drug-likeness (QED) is 0.273. The van der Waals surface area contributed by atoms with Crippen LogP contribution in [0.1, 0.15) is 56.4 Å². The van der Waals surface area contributed by atoms with Gasteiger partial charge in [0, 0.05) is 22.1 Å². The van der Waals surface area contributed by atoms with E-state index in [1.807, 2.05) is 32.9 Å². The number of cyclic esters (lactones) is 1. The third-order valence-electron chi connectivity index (χ3n) is 6.42. The molecule has 0 fully saturated rings. The number of rotatable bonds is 4. The number of fused-ring (bicyclic) bond motifs is 5. The lowest BCUT2D eigenvalue weighted by Gasteiger charge is -2.31. The molecule has 0 saturated heterocycles. The van der Waals surface area contributed by atoms with E-state index >= 15 is 0 Å². The molecule has 2 aliphatic heterocycles. The van der Waals surface area contributed by atoms with Crippen LogP contribution in [0.25, 0.3) is 22.3 Å². The van der Waals surface area contributed by atoms with E-state index < -0.39 is 17.2 Å². The number of hydrogen-bond acceptors (Lipinski definition) is 8. The molecule has 0 radical (unpaired) electrons. The SMILES string of the molecule is CC[C@@]1(O)C(=O)OCc2c1cc1n(c2=O)Cc2cc3c(/C=N/OC(C)(C)C)c(OC)ccc3nc2-1. The number of hydrogen-bond donors (Lipinski definition) is 1. The van der Waals surface area contributed by atoms with E-state index in [1.165, 1.54) is 0 Å². The molecule has 2 aliphatic rings. The second-order valence-electron chi connectivity index (χ2n) is 9.79. The standard InChI is InChI=1S/C26H27N3O6/c1-6-26(32)18-10-20-22-14(12-29(20)23(30)17(18)13-34-24(26)31)9-15-16(11-27-35-25(2,3)4)21(33-5)8-7-19(15)28-22/h7-11,32H,6,12-13H2,1-5H3/b27-11+/t26-/m0/s1. The number of aliphatic hydroxyl groups is 1. The summed E-state index contributed by atoms with van der Waals surface area (Å²) in [5.41, 5.74) is 1.43. The van der Waals surface area contributed by atoms with Crippen LogP contribution in [0.2, 0.25) is 0 Å². The van der Waals surface area contributed by atoms with Crippen molar-refractivity contribution >= 4 is 23.1 Å². The summed E-state index contributed by atoms with van der Waals surface area (Å²) in [6.45, 7) is 7.56. The molecule has 1 N–H and O–H groups in total. The molecular formula is C26H27N3O6. The summed E-state index contributed by atoms with van der Waals surface area (Å²) in [6.07, 6.45) is 1.70. The Morgan fingerprint density at radius 1 is 1.29 bits per heavy atom. The number of benzene rings is 1. The topological polar surface area (TPSA) is 112 Å². The summed E-state index contributed by atoms with van der Waals surface area (Å²) >= 11 is 0. The number of oxime groups is 1. The van der Waals surface area contributed by atoms with E-state index in [9.17, 15) is 14.7 Å². The fourth-order valence-electron chi connectivity index (χ4n) is 4.60. The molecular weight excluding hydrogens is 450 g/mol. The highest BCUT2D eigenvalue weighted by Crippen LogP contribution is 2.39. The highest BCUT2D eigenvalue weighted by atomic mass is 16.6. The highest BCUT2D eigenvalue weighted by Gasteiger charge is 2.45. The maximum Gasteiger partial charge on any atom is 0.343 e. The van der Waals surface area contributed by atoms with Gasteiger partial charge in [0.05, 0.1) is 42.3 Å². The first-order valence-electron chi connectivity index (χ1n) is 11.5. The molecule has 0 unspecified atom stereocenters. The first-order chi connectivity index (χ1) is 16.6. The molecule has 0 spiro atoms. The average Bonchev–Trinajstić information content (AvgIpc) is 3.18. The van der Waals surface area contributed by atoms with Crippen LogP contribution in [-0.4, -0.2) is 39.6 Å². The zero-order chi connectivity index (χ0) is 25.1. The van der Waals surface area contributed by atoms with Gasteiger partial charge in [0.2, 0.25) is 0 Å². The van der Waals surface area contributed by atoms with Gasteiger partial charge in [0.15, 0.2) is 5.60 Å². The monoisotopic (exact) mass is 477 g/mol. The zero-order valence-corrected chi connectivity index (χ0v) is 20.3. The number of carbonyl (C=O) groups excluding carboxylic acids is 1. The van der Waals surface area contributed by atoms with Gasteiger partial charge in [-0.15, -0.1) is 0 Å². The van der Waals surface area contributed by atoms with Gasteiger partial charge < -0.3 is 24.0 Å². The zero-order valence-electron chi connectivity index (χ0n) is 20.3. The predicted octanol–water partition coefficient (Wildman–Crippen LogP) is 3.24. The number of esters is 1. The van der Waals surface area contributed by atoms with Gasteiger partial charge in [-0.05, 0) is 51.5 Å².